The number of rotatable bonds is 6. The van der Waals surface area contributed by atoms with Crippen molar-refractivity contribution in [1.82, 2.24) is 8.61 Å². The zero-order valence-electron chi connectivity index (χ0n) is 23.3. The first-order chi connectivity index (χ1) is 18.9. The third kappa shape index (κ3) is 5.09. The van der Waals surface area contributed by atoms with Gasteiger partial charge in [-0.05, 0) is 105 Å². The van der Waals surface area contributed by atoms with Crippen LogP contribution in [0.2, 0.25) is 0 Å². The molecule has 212 valence electrons. The highest BCUT2D eigenvalue weighted by atomic mass is 32.2. The molecule has 2 heterocycles. The van der Waals surface area contributed by atoms with E-state index in [4.69, 9.17) is 0 Å². The molecule has 40 heavy (non-hydrogen) atoms. The fourth-order valence-electron chi connectivity index (χ4n) is 5.67. The molecule has 5 rings (SSSR count). The quantitative estimate of drug-likeness (QED) is 0.463. The molecule has 0 aromatic heterocycles. The van der Waals surface area contributed by atoms with Crippen molar-refractivity contribution in [2.75, 3.05) is 18.4 Å². The molecule has 0 saturated carbocycles. The van der Waals surface area contributed by atoms with E-state index in [-0.39, 0.29) is 22.8 Å². The maximum Gasteiger partial charge on any atom is 0.244 e. The number of hydrogen-bond donors (Lipinski definition) is 1. The third-order valence-electron chi connectivity index (χ3n) is 8.20. The van der Waals surface area contributed by atoms with Crippen molar-refractivity contribution in [2.45, 2.75) is 69.3 Å². The number of fused-ring (bicyclic) bond motifs is 1. The number of aryl methyl sites for hydroxylation is 2. The Morgan fingerprint density at radius 3 is 1.98 bits per heavy atom. The molecule has 1 fully saturated rings. The van der Waals surface area contributed by atoms with Crippen molar-refractivity contribution < 1.29 is 21.6 Å². The molecule has 1 unspecified atom stereocenters. The molecule has 1 atom stereocenters. The number of sulfonamides is 2. The highest BCUT2D eigenvalue weighted by molar-refractivity contribution is 7.89. The van der Waals surface area contributed by atoms with Gasteiger partial charge in [-0.3, -0.25) is 4.79 Å². The molecular weight excluding hydrogens is 546 g/mol. The molecule has 2 aliphatic rings. The number of hydrogen-bond acceptors (Lipinski definition) is 5. The van der Waals surface area contributed by atoms with Gasteiger partial charge in [0, 0.05) is 25.3 Å². The summed E-state index contributed by atoms with van der Waals surface area (Å²) in [5.74, 6) is -0.465. The second-order valence-electron chi connectivity index (χ2n) is 10.8. The van der Waals surface area contributed by atoms with E-state index in [2.05, 4.69) is 5.32 Å². The van der Waals surface area contributed by atoms with E-state index in [0.717, 1.165) is 35.1 Å². The molecule has 1 saturated heterocycles. The molecule has 2 aliphatic heterocycles. The highest BCUT2D eigenvalue weighted by Crippen LogP contribution is 2.34. The van der Waals surface area contributed by atoms with Gasteiger partial charge in [0.15, 0.2) is 0 Å². The van der Waals surface area contributed by atoms with Crippen LogP contribution in [0.15, 0.2) is 64.4 Å². The van der Waals surface area contributed by atoms with Crippen LogP contribution >= 0.6 is 0 Å². The summed E-state index contributed by atoms with van der Waals surface area (Å²) in [5.41, 5.74) is 5.31. The normalized spacial score (nSPS) is 18.4. The van der Waals surface area contributed by atoms with Gasteiger partial charge < -0.3 is 5.32 Å². The zero-order chi connectivity index (χ0) is 28.8. The van der Waals surface area contributed by atoms with Crippen LogP contribution in [0, 0.1) is 27.7 Å². The number of carbonyl (C=O) groups excluding carboxylic acids is 1. The van der Waals surface area contributed by atoms with Crippen molar-refractivity contribution in [3.63, 3.8) is 0 Å². The van der Waals surface area contributed by atoms with Crippen LogP contribution in [0.4, 0.5) is 5.69 Å². The Hall–Kier alpha value is -3.05. The summed E-state index contributed by atoms with van der Waals surface area (Å²) >= 11 is 0. The predicted octanol–water partition coefficient (Wildman–Crippen LogP) is 4.46. The first kappa shape index (κ1) is 28.5. The molecule has 0 spiro atoms. The van der Waals surface area contributed by atoms with Gasteiger partial charge in [-0.15, -0.1) is 0 Å². The predicted molar refractivity (Wildman–Crippen MR) is 155 cm³/mol. The van der Waals surface area contributed by atoms with E-state index in [9.17, 15) is 21.6 Å². The Kier molecular flexibility index (Phi) is 7.64. The number of carbonyl (C=O) groups is 1. The SMILES string of the molecule is Cc1cc(C)c(C)c(S(=O)(=O)N2Cc3ccccc3CC2C(=O)Nc2ccc(S(=O)(=O)N3CCCC3)cc2)c1C. The van der Waals surface area contributed by atoms with Gasteiger partial charge in [0.25, 0.3) is 0 Å². The van der Waals surface area contributed by atoms with Gasteiger partial charge >= 0.3 is 0 Å². The minimum atomic E-state index is -4.05. The minimum absolute atomic E-state index is 0.0788. The van der Waals surface area contributed by atoms with Gasteiger partial charge in [0.2, 0.25) is 26.0 Å². The Balaban J connectivity index is 1.47. The third-order valence-corrected chi connectivity index (χ3v) is 12.2. The summed E-state index contributed by atoms with van der Waals surface area (Å²) in [6.07, 6.45) is 1.92. The summed E-state index contributed by atoms with van der Waals surface area (Å²) in [6.45, 7) is 8.49. The van der Waals surface area contributed by atoms with Gasteiger partial charge in [-0.25, -0.2) is 16.8 Å². The smallest absolute Gasteiger partial charge is 0.244 e. The number of anilines is 1. The fraction of sp³-hybridized carbons (Fsp3) is 0.367. The summed E-state index contributed by atoms with van der Waals surface area (Å²) in [4.78, 5) is 14.1. The Bertz CT molecular complexity index is 1650. The number of nitrogens with zero attached hydrogens (tertiary/aromatic N) is 2. The topological polar surface area (TPSA) is 104 Å². The first-order valence-corrected chi connectivity index (χ1v) is 16.4. The maximum absolute atomic E-state index is 14.3. The van der Waals surface area contributed by atoms with Crippen LogP contribution < -0.4 is 5.32 Å². The lowest BCUT2D eigenvalue weighted by molar-refractivity contribution is -0.120. The fourth-order valence-corrected chi connectivity index (χ4v) is 9.34. The summed E-state index contributed by atoms with van der Waals surface area (Å²) < 4.78 is 57.1. The maximum atomic E-state index is 14.3. The van der Waals surface area contributed by atoms with Crippen molar-refractivity contribution in [2.24, 2.45) is 0 Å². The van der Waals surface area contributed by atoms with E-state index in [1.54, 1.807) is 26.0 Å². The number of nitrogens with one attached hydrogen (secondary N) is 1. The average molecular weight is 582 g/mol. The molecule has 0 aliphatic carbocycles. The second-order valence-corrected chi connectivity index (χ2v) is 14.5. The Labute approximate surface area is 237 Å². The van der Waals surface area contributed by atoms with Gasteiger partial charge in [0.1, 0.15) is 6.04 Å². The zero-order valence-corrected chi connectivity index (χ0v) is 24.9. The van der Waals surface area contributed by atoms with E-state index in [1.165, 1.54) is 20.7 Å². The molecule has 10 heteroatoms. The van der Waals surface area contributed by atoms with Crippen molar-refractivity contribution in [1.29, 1.82) is 0 Å². The summed E-state index contributed by atoms with van der Waals surface area (Å²) in [7, 11) is -7.62. The van der Waals surface area contributed by atoms with Crippen LogP contribution in [0.1, 0.15) is 46.2 Å². The van der Waals surface area contributed by atoms with Crippen LogP contribution in [0.25, 0.3) is 0 Å². The molecule has 1 N–H and O–H groups in total. The summed E-state index contributed by atoms with van der Waals surface area (Å²) in [5, 5.41) is 2.84. The molecular formula is C30H35N3O5S2. The Morgan fingerprint density at radius 1 is 0.800 bits per heavy atom. The molecule has 8 nitrogen and oxygen atoms in total. The van der Waals surface area contributed by atoms with E-state index in [1.807, 2.05) is 44.2 Å². The van der Waals surface area contributed by atoms with Crippen LogP contribution in [0.3, 0.4) is 0 Å². The van der Waals surface area contributed by atoms with Crippen molar-refractivity contribution in [3.05, 3.63) is 88.0 Å². The lowest BCUT2D eigenvalue weighted by Gasteiger charge is -2.36. The van der Waals surface area contributed by atoms with Crippen LogP contribution in [-0.4, -0.2) is 50.5 Å². The first-order valence-electron chi connectivity index (χ1n) is 13.5. The lowest BCUT2D eigenvalue weighted by Crippen LogP contribution is -2.50. The molecule has 3 aromatic rings. The highest BCUT2D eigenvalue weighted by Gasteiger charge is 2.41. The Morgan fingerprint density at radius 2 is 1.38 bits per heavy atom. The molecule has 0 bridgehead atoms. The summed E-state index contributed by atoms with van der Waals surface area (Å²) in [6, 6.07) is 14.6. The van der Waals surface area contributed by atoms with Crippen molar-refractivity contribution >= 4 is 31.6 Å². The standard InChI is InChI=1S/C30H35N3O5S2/c1-20-17-21(2)23(4)29(22(20)3)40(37,38)33-19-25-10-6-5-9-24(25)18-28(33)30(34)31-26-11-13-27(14-12-26)39(35,36)32-15-7-8-16-32/h5-6,9-14,17,28H,7-8,15-16,18-19H2,1-4H3,(H,31,34). The van der Waals surface area contributed by atoms with Gasteiger partial charge in [-0.1, -0.05) is 30.3 Å². The lowest BCUT2D eigenvalue weighted by atomic mass is 9.95. The average Bonchev–Trinajstić information content (AvgIpc) is 3.48. The van der Waals surface area contributed by atoms with E-state index < -0.39 is 32.0 Å². The van der Waals surface area contributed by atoms with Crippen LogP contribution in [-0.2, 0) is 37.8 Å². The van der Waals surface area contributed by atoms with Gasteiger partial charge in [0.05, 0.1) is 9.79 Å². The monoisotopic (exact) mass is 581 g/mol. The molecule has 0 radical (unpaired) electrons. The minimum Gasteiger partial charge on any atom is -0.325 e. The second kappa shape index (κ2) is 10.7. The van der Waals surface area contributed by atoms with Gasteiger partial charge in [-0.2, -0.15) is 8.61 Å². The molecule has 3 aromatic carbocycles. The number of benzene rings is 3. The largest absolute Gasteiger partial charge is 0.325 e. The van der Waals surface area contributed by atoms with E-state index in [0.29, 0.717) is 29.9 Å². The molecule has 1 amide bonds. The number of amides is 1. The van der Waals surface area contributed by atoms with Crippen LogP contribution in [0.5, 0.6) is 0 Å². The van der Waals surface area contributed by atoms with E-state index >= 15 is 0 Å². The van der Waals surface area contributed by atoms with Crippen molar-refractivity contribution in [3.8, 4) is 0 Å².